The summed E-state index contributed by atoms with van der Waals surface area (Å²) >= 11 is 0. The lowest BCUT2D eigenvalue weighted by Gasteiger charge is -2.35. The summed E-state index contributed by atoms with van der Waals surface area (Å²) in [4.78, 5) is 42.7. The molecule has 1 aliphatic rings. The first kappa shape index (κ1) is 39.1. The molecule has 1 atom stereocenters. The molecule has 1 aliphatic heterocycles. The number of amides is 2. The molecular formula is C34H59N5O5. The van der Waals surface area contributed by atoms with Gasteiger partial charge in [-0.15, -0.1) is 0 Å². The van der Waals surface area contributed by atoms with E-state index in [1.807, 2.05) is 56.9 Å². The summed E-state index contributed by atoms with van der Waals surface area (Å²) in [5, 5.41) is 13.2. The SMILES string of the molecule is CC.CC(C)N(C)CCCOC(=O)N1CCN(C(C)O)CC1.CCCCCNC(=O)c1cc2ccccc2n(C(C)C)c1=O. The maximum Gasteiger partial charge on any atom is 0.409 e. The molecule has 44 heavy (non-hydrogen) atoms. The fourth-order valence-corrected chi connectivity index (χ4v) is 4.73. The standard InChI is InChI=1S/C18H24N2O2.C14H29N3O3.C2H6/c1-4-5-8-11-19-17(21)15-12-14-9-6-7-10-16(14)20(13(2)3)18(15)22;1-12(2)15(4)6-5-11-20-14(19)17-9-7-16(8-10-17)13(3)18;1-2/h6-7,9-10,12-13H,4-5,8,11H2,1-3H3,(H,19,21);12-13,18H,5-11H2,1-4H3;1-2H3. The Labute approximate surface area is 265 Å². The molecule has 1 aromatic heterocycles. The molecule has 1 aromatic carbocycles. The van der Waals surface area contributed by atoms with Crippen molar-refractivity contribution in [3.63, 3.8) is 0 Å². The van der Waals surface area contributed by atoms with Crippen LogP contribution in [0, 0.1) is 0 Å². The van der Waals surface area contributed by atoms with Crippen molar-refractivity contribution in [2.24, 2.45) is 0 Å². The largest absolute Gasteiger partial charge is 0.449 e. The number of para-hydroxylation sites is 1. The quantitative estimate of drug-likeness (QED) is 0.310. The van der Waals surface area contributed by atoms with E-state index >= 15 is 0 Å². The second-order valence-corrected chi connectivity index (χ2v) is 11.5. The lowest BCUT2D eigenvalue weighted by molar-refractivity contribution is -0.0133. The monoisotopic (exact) mass is 617 g/mol. The van der Waals surface area contributed by atoms with Gasteiger partial charge in [0, 0.05) is 51.4 Å². The number of pyridine rings is 1. The Bertz CT molecular complexity index is 1170. The van der Waals surface area contributed by atoms with E-state index in [9.17, 15) is 19.5 Å². The van der Waals surface area contributed by atoms with Gasteiger partial charge in [-0.2, -0.15) is 0 Å². The van der Waals surface area contributed by atoms with Crippen LogP contribution in [0.25, 0.3) is 10.9 Å². The van der Waals surface area contributed by atoms with Gasteiger partial charge in [-0.05, 0) is 72.0 Å². The van der Waals surface area contributed by atoms with Crippen LogP contribution >= 0.6 is 0 Å². The van der Waals surface area contributed by atoms with E-state index in [4.69, 9.17) is 4.74 Å². The van der Waals surface area contributed by atoms with Gasteiger partial charge < -0.3 is 29.5 Å². The summed E-state index contributed by atoms with van der Waals surface area (Å²) in [5.41, 5.74) is 0.871. The number of unbranched alkanes of at least 4 members (excludes halogenated alkanes) is 2. The summed E-state index contributed by atoms with van der Waals surface area (Å²) in [6.07, 6.45) is 3.30. The number of aliphatic hydroxyl groups excluding tert-OH is 1. The molecule has 0 spiro atoms. The zero-order chi connectivity index (χ0) is 33.2. The van der Waals surface area contributed by atoms with Crippen LogP contribution in [0.5, 0.6) is 0 Å². The van der Waals surface area contributed by atoms with Crippen LogP contribution in [-0.4, -0.2) is 102 Å². The molecule has 2 amide bonds. The van der Waals surface area contributed by atoms with Gasteiger partial charge in [0.15, 0.2) is 0 Å². The first-order valence-corrected chi connectivity index (χ1v) is 16.4. The Kier molecular flexibility index (Phi) is 18.6. The van der Waals surface area contributed by atoms with Crippen molar-refractivity contribution in [3.05, 3.63) is 46.2 Å². The number of rotatable bonds is 12. The second kappa shape index (κ2) is 20.9. The summed E-state index contributed by atoms with van der Waals surface area (Å²) < 4.78 is 6.98. The van der Waals surface area contributed by atoms with Gasteiger partial charge in [0.2, 0.25) is 0 Å². The minimum atomic E-state index is -0.445. The molecule has 10 nitrogen and oxygen atoms in total. The van der Waals surface area contributed by atoms with Crippen LogP contribution in [0.15, 0.2) is 35.1 Å². The lowest BCUT2D eigenvalue weighted by atomic mass is 10.1. The van der Waals surface area contributed by atoms with Crippen LogP contribution in [0.4, 0.5) is 4.79 Å². The molecule has 0 radical (unpaired) electrons. The molecule has 0 aliphatic carbocycles. The third kappa shape index (κ3) is 12.6. The number of aromatic nitrogens is 1. The molecule has 2 heterocycles. The van der Waals surface area contributed by atoms with Crippen LogP contribution < -0.4 is 10.9 Å². The number of ether oxygens (including phenoxy) is 1. The third-order valence-electron chi connectivity index (χ3n) is 7.64. The van der Waals surface area contributed by atoms with Gasteiger partial charge in [0.1, 0.15) is 11.8 Å². The highest BCUT2D eigenvalue weighted by Gasteiger charge is 2.24. The third-order valence-corrected chi connectivity index (χ3v) is 7.64. The lowest BCUT2D eigenvalue weighted by Crippen LogP contribution is -2.51. The summed E-state index contributed by atoms with van der Waals surface area (Å²) in [6.45, 7) is 20.7. The summed E-state index contributed by atoms with van der Waals surface area (Å²) in [5.74, 6) is -0.277. The maximum atomic E-state index is 12.7. The average molecular weight is 618 g/mol. The van der Waals surface area contributed by atoms with Gasteiger partial charge >= 0.3 is 6.09 Å². The van der Waals surface area contributed by atoms with Crippen LogP contribution in [0.2, 0.25) is 0 Å². The smallest absolute Gasteiger partial charge is 0.409 e. The van der Waals surface area contributed by atoms with E-state index in [-0.39, 0.29) is 29.2 Å². The minimum absolute atomic E-state index is 0.00485. The Hall–Kier alpha value is -2.95. The highest BCUT2D eigenvalue weighted by molar-refractivity contribution is 5.97. The van der Waals surface area contributed by atoms with Crippen LogP contribution in [-0.2, 0) is 4.74 Å². The van der Waals surface area contributed by atoms with E-state index in [0.29, 0.717) is 45.4 Å². The number of benzene rings is 1. The van der Waals surface area contributed by atoms with E-state index < -0.39 is 6.23 Å². The maximum absolute atomic E-state index is 12.7. The Balaban J connectivity index is 0.000000419. The molecule has 1 saturated heterocycles. The molecule has 250 valence electrons. The molecule has 0 saturated carbocycles. The van der Waals surface area contributed by atoms with Crippen molar-refractivity contribution in [1.82, 2.24) is 24.6 Å². The van der Waals surface area contributed by atoms with Gasteiger partial charge in [0.25, 0.3) is 11.5 Å². The number of nitrogens with zero attached hydrogens (tertiary/aromatic N) is 4. The topological polar surface area (TPSA) is 107 Å². The van der Waals surface area contributed by atoms with Gasteiger partial charge in [-0.1, -0.05) is 51.8 Å². The summed E-state index contributed by atoms with van der Waals surface area (Å²) in [7, 11) is 2.07. The number of aliphatic hydroxyl groups is 1. The molecule has 0 bridgehead atoms. The first-order chi connectivity index (χ1) is 21.0. The highest BCUT2D eigenvalue weighted by atomic mass is 16.6. The number of hydrogen-bond acceptors (Lipinski definition) is 7. The molecule has 2 aromatic rings. The molecule has 1 unspecified atom stereocenters. The van der Waals surface area contributed by atoms with Crippen molar-refractivity contribution in [3.8, 4) is 0 Å². The van der Waals surface area contributed by atoms with E-state index in [1.54, 1.807) is 22.5 Å². The Morgan fingerprint density at radius 2 is 1.64 bits per heavy atom. The van der Waals surface area contributed by atoms with Gasteiger partial charge in [0.05, 0.1) is 12.1 Å². The molecule has 10 heteroatoms. The zero-order valence-electron chi connectivity index (χ0n) is 28.8. The van der Waals surface area contributed by atoms with E-state index in [1.165, 1.54) is 0 Å². The highest BCUT2D eigenvalue weighted by Crippen LogP contribution is 2.17. The molecular weight excluding hydrogens is 558 g/mol. The normalized spacial score (nSPS) is 14.2. The molecule has 2 N–H and O–H groups in total. The van der Waals surface area contributed by atoms with Crippen molar-refractivity contribution in [2.45, 2.75) is 99.4 Å². The van der Waals surface area contributed by atoms with Crippen LogP contribution in [0.1, 0.15) is 97.5 Å². The van der Waals surface area contributed by atoms with E-state index in [0.717, 1.165) is 43.1 Å². The predicted molar refractivity (Wildman–Crippen MR) is 180 cm³/mol. The van der Waals surface area contributed by atoms with Crippen molar-refractivity contribution in [1.29, 1.82) is 0 Å². The number of fused-ring (bicyclic) bond motifs is 1. The second-order valence-electron chi connectivity index (χ2n) is 11.5. The number of nitrogens with one attached hydrogen (secondary N) is 1. The number of carbonyl (C=O) groups is 2. The van der Waals surface area contributed by atoms with Crippen molar-refractivity contribution in [2.75, 3.05) is 52.9 Å². The minimum Gasteiger partial charge on any atom is -0.449 e. The predicted octanol–water partition coefficient (Wildman–Crippen LogP) is 5.34. The van der Waals surface area contributed by atoms with Crippen molar-refractivity contribution >= 4 is 22.9 Å². The Morgan fingerprint density at radius 3 is 2.20 bits per heavy atom. The van der Waals surface area contributed by atoms with Crippen LogP contribution in [0.3, 0.4) is 0 Å². The fraction of sp³-hybridized carbons (Fsp3) is 0.676. The van der Waals surface area contributed by atoms with Gasteiger partial charge in [-0.3, -0.25) is 14.5 Å². The van der Waals surface area contributed by atoms with Crippen molar-refractivity contribution < 1.29 is 19.4 Å². The molecule has 1 fully saturated rings. The van der Waals surface area contributed by atoms with E-state index in [2.05, 4.69) is 38.0 Å². The molecule has 3 rings (SSSR count). The number of hydrogen-bond donors (Lipinski definition) is 2. The summed E-state index contributed by atoms with van der Waals surface area (Å²) in [6, 6.07) is 9.89. The Morgan fingerprint density at radius 1 is 1.00 bits per heavy atom. The first-order valence-electron chi connectivity index (χ1n) is 16.4. The number of piperazine rings is 1. The zero-order valence-corrected chi connectivity index (χ0v) is 28.8. The average Bonchev–Trinajstić information content (AvgIpc) is 3.01. The fourth-order valence-electron chi connectivity index (χ4n) is 4.73. The van der Waals surface area contributed by atoms with Gasteiger partial charge in [-0.25, -0.2) is 4.79 Å². The number of carbonyl (C=O) groups excluding carboxylic acids is 2.